The van der Waals surface area contributed by atoms with Crippen LogP contribution < -0.4 is 0 Å². The van der Waals surface area contributed by atoms with Crippen molar-refractivity contribution in [2.75, 3.05) is 20.3 Å². The molecule has 18 heavy (non-hydrogen) atoms. The highest BCUT2D eigenvalue weighted by molar-refractivity contribution is 5.93. The predicted molar refractivity (Wildman–Crippen MR) is 66.9 cm³/mol. The summed E-state index contributed by atoms with van der Waals surface area (Å²) in [5.74, 6) is -0.116. The first-order valence-electron chi connectivity index (χ1n) is 5.87. The SMILES string of the molecule is CC(C)(CO)CO.COC(=O)C1=CCC(=O)CC1. The molecule has 0 aliphatic heterocycles. The average Bonchev–Trinajstić information content (AvgIpc) is 2.39. The Labute approximate surface area is 107 Å². The Morgan fingerprint density at radius 2 is 1.89 bits per heavy atom. The van der Waals surface area contributed by atoms with E-state index in [1.54, 1.807) is 19.9 Å². The number of carbonyl (C=O) groups is 2. The number of ether oxygens (including phenoxy) is 1. The molecule has 5 heteroatoms. The Kier molecular flexibility index (Phi) is 7.47. The van der Waals surface area contributed by atoms with Gasteiger partial charge in [0.25, 0.3) is 0 Å². The zero-order valence-corrected chi connectivity index (χ0v) is 11.2. The first-order valence-corrected chi connectivity index (χ1v) is 5.87. The molecule has 0 amide bonds. The molecule has 0 fully saturated rings. The van der Waals surface area contributed by atoms with E-state index in [0.717, 1.165) is 0 Å². The topological polar surface area (TPSA) is 83.8 Å². The molecular formula is C13H22O5. The van der Waals surface area contributed by atoms with E-state index >= 15 is 0 Å². The average molecular weight is 258 g/mol. The molecule has 0 aromatic heterocycles. The monoisotopic (exact) mass is 258 g/mol. The highest BCUT2D eigenvalue weighted by atomic mass is 16.5. The van der Waals surface area contributed by atoms with E-state index in [0.29, 0.717) is 24.8 Å². The molecule has 1 aliphatic rings. The van der Waals surface area contributed by atoms with E-state index in [-0.39, 0.29) is 30.4 Å². The normalized spacial score (nSPS) is 15.4. The zero-order valence-electron chi connectivity index (χ0n) is 11.2. The minimum Gasteiger partial charge on any atom is -0.466 e. The lowest BCUT2D eigenvalue weighted by Gasteiger charge is -2.16. The predicted octanol–water partition coefficient (Wildman–Crippen LogP) is 0.836. The van der Waals surface area contributed by atoms with Crippen LogP contribution in [0, 0.1) is 5.41 Å². The quantitative estimate of drug-likeness (QED) is 0.733. The van der Waals surface area contributed by atoms with Crippen molar-refractivity contribution in [2.45, 2.75) is 33.1 Å². The third kappa shape index (κ3) is 6.51. The molecule has 1 aliphatic carbocycles. The zero-order chi connectivity index (χ0) is 14.2. The van der Waals surface area contributed by atoms with E-state index in [4.69, 9.17) is 10.2 Å². The lowest BCUT2D eigenvalue weighted by Crippen LogP contribution is -2.20. The van der Waals surface area contributed by atoms with Crippen LogP contribution >= 0.6 is 0 Å². The van der Waals surface area contributed by atoms with Crippen LogP contribution in [0.1, 0.15) is 33.1 Å². The second-order valence-corrected chi connectivity index (χ2v) is 4.94. The summed E-state index contributed by atoms with van der Waals surface area (Å²) >= 11 is 0. The highest BCUT2D eigenvalue weighted by Crippen LogP contribution is 2.15. The third-order valence-electron chi connectivity index (χ3n) is 2.55. The minimum absolute atomic E-state index is 0.0451. The van der Waals surface area contributed by atoms with Gasteiger partial charge in [-0.15, -0.1) is 0 Å². The largest absolute Gasteiger partial charge is 0.466 e. The van der Waals surface area contributed by atoms with Crippen LogP contribution in [-0.4, -0.2) is 42.3 Å². The molecule has 2 N–H and O–H groups in total. The molecule has 0 bridgehead atoms. The summed E-state index contributed by atoms with van der Waals surface area (Å²) in [7, 11) is 1.35. The number of aliphatic hydroxyl groups is 2. The number of aliphatic hydroxyl groups excluding tert-OH is 2. The van der Waals surface area contributed by atoms with Crippen LogP contribution in [0.2, 0.25) is 0 Å². The van der Waals surface area contributed by atoms with Crippen LogP contribution in [0.25, 0.3) is 0 Å². The van der Waals surface area contributed by atoms with Gasteiger partial charge in [0.2, 0.25) is 0 Å². The van der Waals surface area contributed by atoms with Crippen LogP contribution in [0.15, 0.2) is 11.6 Å². The van der Waals surface area contributed by atoms with E-state index in [2.05, 4.69) is 4.74 Å². The third-order valence-corrected chi connectivity index (χ3v) is 2.55. The molecule has 1 rings (SSSR count). The maximum Gasteiger partial charge on any atom is 0.333 e. The Hall–Kier alpha value is -1.20. The summed E-state index contributed by atoms with van der Waals surface area (Å²) in [5, 5.41) is 16.9. The fraction of sp³-hybridized carbons (Fsp3) is 0.692. The molecule has 104 valence electrons. The lowest BCUT2D eigenvalue weighted by atomic mass is 9.97. The van der Waals surface area contributed by atoms with Crippen LogP contribution in [0.3, 0.4) is 0 Å². The smallest absolute Gasteiger partial charge is 0.333 e. The van der Waals surface area contributed by atoms with Gasteiger partial charge in [-0.3, -0.25) is 4.79 Å². The number of hydrogen-bond acceptors (Lipinski definition) is 5. The lowest BCUT2D eigenvalue weighted by molar-refractivity contribution is -0.136. The highest BCUT2D eigenvalue weighted by Gasteiger charge is 2.16. The summed E-state index contributed by atoms with van der Waals surface area (Å²) in [6.45, 7) is 3.69. The molecule has 0 radical (unpaired) electrons. The minimum atomic E-state index is -0.308. The van der Waals surface area contributed by atoms with E-state index in [1.165, 1.54) is 7.11 Å². The molecule has 5 nitrogen and oxygen atoms in total. The second kappa shape index (κ2) is 8.00. The summed E-state index contributed by atoms with van der Waals surface area (Å²) in [4.78, 5) is 21.6. The standard InChI is InChI=1S/C8H10O3.C5H12O2/c1-11-8(10)6-2-4-7(9)5-3-6;1-5(2,3-6)4-7/h2H,3-5H2,1H3;6-7H,3-4H2,1-2H3. The maximum absolute atomic E-state index is 10.9. The number of allylic oxidation sites excluding steroid dienone is 1. The van der Waals surface area contributed by atoms with Crippen molar-refractivity contribution in [3.8, 4) is 0 Å². The van der Waals surface area contributed by atoms with Crippen molar-refractivity contribution in [3.63, 3.8) is 0 Å². The van der Waals surface area contributed by atoms with E-state index in [1.807, 2.05) is 0 Å². The van der Waals surface area contributed by atoms with Crippen molar-refractivity contribution in [3.05, 3.63) is 11.6 Å². The van der Waals surface area contributed by atoms with Gasteiger partial charge in [0, 0.05) is 23.8 Å². The van der Waals surface area contributed by atoms with Gasteiger partial charge >= 0.3 is 5.97 Å². The summed E-state index contributed by atoms with van der Waals surface area (Å²) in [5.41, 5.74) is 0.326. The van der Waals surface area contributed by atoms with Gasteiger partial charge in [-0.2, -0.15) is 0 Å². The van der Waals surface area contributed by atoms with Crippen molar-refractivity contribution >= 4 is 11.8 Å². The first-order chi connectivity index (χ1) is 8.36. The summed E-state index contributed by atoms with van der Waals surface area (Å²) < 4.78 is 4.51. The Balaban J connectivity index is 0.000000360. The van der Waals surface area contributed by atoms with Crippen molar-refractivity contribution in [1.29, 1.82) is 0 Å². The number of hydrogen-bond donors (Lipinski definition) is 2. The maximum atomic E-state index is 10.9. The van der Waals surface area contributed by atoms with Crippen LogP contribution in [0.5, 0.6) is 0 Å². The molecule has 0 saturated carbocycles. The van der Waals surface area contributed by atoms with Gasteiger partial charge < -0.3 is 14.9 Å². The molecule has 0 heterocycles. The van der Waals surface area contributed by atoms with Crippen molar-refractivity contribution in [1.82, 2.24) is 0 Å². The molecule has 0 aromatic carbocycles. The Morgan fingerprint density at radius 1 is 1.33 bits per heavy atom. The number of Topliss-reactive ketones (excluding diaryl/α,β-unsaturated/α-hetero) is 1. The van der Waals surface area contributed by atoms with E-state index in [9.17, 15) is 9.59 Å². The van der Waals surface area contributed by atoms with Crippen LogP contribution in [0.4, 0.5) is 0 Å². The number of rotatable bonds is 3. The molecule has 0 saturated heterocycles. The van der Waals surface area contributed by atoms with Gasteiger partial charge in [0.1, 0.15) is 5.78 Å². The van der Waals surface area contributed by atoms with Crippen LogP contribution in [-0.2, 0) is 14.3 Å². The number of methoxy groups -OCH3 is 1. The summed E-state index contributed by atoms with van der Waals surface area (Å²) in [6.07, 6.45) is 3.04. The van der Waals surface area contributed by atoms with Gasteiger partial charge in [0.15, 0.2) is 0 Å². The van der Waals surface area contributed by atoms with Gasteiger partial charge in [-0.25, -0.2) is 4.79 Å². The first kappa shape index (κ1) is 16.8. The fourth-order valence-electron chi connectivity index (χ4n) is 1.08. The van der Waals surface area contributed by atoms with Gasteiger partial charge in [-0.1, -0.05) is 19.9 Å². The van der Waals surface area contributed by atoms with Gasteiger partial charge in [-0.05, 0) is 6.42 Å². The van der Waals surface area contributed by atoms with Crippen molar-refractivity contribution < 1.29 is 24.5 Å². The Morgan fingerprint density at radius 3 is 2.17 bits per heavy atom. The molecular weight excluding hydrogens is 236 g/mol. The number of ketones is 1. The second-order valence-electron chi connectivity index (χ2n) is 4.94. The molecule has 0 atom stereocenters. The summed E-state index contributed by atoms with van der Waals surface area (Å²) in [6, 6.07) is 0. The van der Waals surface area contributed by atoms with Crippen molar-refractivity contribution in [2.24, 2.45) is 5.41 Å². The van der Waals surface area contributed by atoms with Gasteiger partial charge in [0.05, 0.1) is 20.3 Å². The fourth-order valence-corrected chi connectivity index (χ4v) is 1.08. The van der Waals surface area contributed by atoms with E-state index < -0.39 is 0 Å². The molecule has 0 aromatic rings. The Bertz CT molecular complexity index is 311. The molecule has 0 unspecified atom stereocenters. The number of carbonyl (C=O) groups excluding carboxylic acids is 2. The molecule has 0 spiro atoms. The number of esters is 1.